The van der Waals surface area contributed by atoms with Gasteiger partial charge >= 0.3 is 5.97 Å². The normalized spacial score (nSPS) is 28.4. The minimum absolute atomic E-state index is 0.0136. The van der Waals surface area contributed by atoms with E-state index >= 15 is 0 Å². The van der Waals surface area contributed by atoms with Crippen molar-refractivity contribution in [1.82, 2.24) is 0 Å². The quantitative estimate of drug-likeness (QED) is 0.534. The Morgan fingerprint density at radius 1 is 1.15 bits per heavy atom. The number of hydrogen-bond acceptors (Lipinski definition) is 5. The van der Waals surface area contributed by atoms with Gasteiger partial charge in [0.2, 0.25) is 0 Å². The molecule has 4 atom stereocenters. The monoisotopic (exact) mass is 402 g/mol. The molecule has 160 valence electrons. The van der Waals surface area contributed by atoms with Gasteiger partial charge in [0.25, 0.3) is 0 Å². The molecule has 6 heteroatoms. The summed E-state index contributed by atoms with van der Waals surface area (Å²) in [6.45, 7) is 18.9. The second kappa shape index (κ2) is 9.38. The second-order valence-electron chi connectivity index (χ2n) is 10.4. The maximum Gasteiger partial charge on any atom is 0.311 e. The van der Waals surface area contributed by atoms with E-state index in [0.29, 0.717) is 6.42 Å². The summed E-state index contributed by atoms with van der Waals surface area (Å²) >= 11 is 0. The predicted octanol–water partition coefficient (Wildman–Crippen LogP) is 4.67. The van der Waals surface area contributed by atoms with Gasteiger partial charge in [-0.2, -0.15) is 0 Å². The Morgan fingerprint density at radius 2 is 1.74 bits per heavy atom. The molecule has 0 saturated carbocycles. The number of carbonyl (C=O) groups is 1. The van der Waals surface area contributed by atoms with Crippen LogP contribution in [0.5, 0.6) is 0 Å². The number of ether oxygens (including phenoxy) is 2. The van der Waals surface area contributed by atoms with Crippen molar-refractivity contribution in [3.05, 3.63) is 0 Å². The molecule has 0 aromatic heterocycles. The third-order valence-corrected chi connectivity index (χ3v) is 10.3. The second-order valence-corrected chi connectivity index (χ2v) is 15.2. The molecule has 1 fully saturated rings. The molecule has 0 aliphatic carbocycles. The van der Waals surface area contributed by atoms with E-state index in [-0.39, 0.29) is 35.9 Å². The number of aliphatic hydroxyl groups is 1. The zero-order valence-electron chi connectivity index (χ0n) is 18.9. The Balaban J connectivity index is 2.81. The molecule has 1 heterocycles. The lowest BCUT2D eigenvalue weighted by Crippen LogP contribution is -2.47. The molecule has 0 spiro atoms. The van der Waals surface area contributed by atoms with Crippen LogP contribution in [0.1, 0.15) is 74.1 Å². The fraction of sp³-hybridized carbons (Fsp3) is 0.952. The first-order chi connectivity index (χ1) is 12.2. The average Bonchev–Trinajstić information content (AvgIpc) is 2.49. The van der Waals surface area contributed by atoms with Crippen LogP contribution in [0, 0.1) is 5.41 Å². The van der Waals surface area contributed by atoms with Crippen molar-refractivity contribution >= 4 is 14.3 Å². The van der Waals surface area contributed by atoms with E-state index in [0.717, 1.165) is 19.3 Å². The van der Waals surface area contributed by atoms with Crippen LogP contribution in [-0.2, 0) is 18.7 Å². The van der Waals surface area contributed by atoms with Gasteiger partial charge in [-0.15, -0.1) is 0 Å². The van der Waals surface area contributed by atoms with Crippen LogP contribution in [0.2, 0.25) is 18.1 Å². The van der Waals surface area contributed by atoms with Crippen LogP contribution < -0.4 is 0 Å². The van der Waals surface area contributed by atoms with Gasteiger partial charge in [-0.1, -0.05) is 27.7 Å². The van der Waals surface area contributed by atoms with Crippen LogP contribution in [0.25, 0.3) is 0 Å². The minimum atomic E-state index is -1.91. The SMILES string of the molecule is CC[C@H]1O[C@@H](COC(=O)C(C)(C)C)CCC(O[Si](C)(C)C(C)(C)C)CC1O. The van der Waals surface area contributed by atoms with Crippen LogP contribution in [0.3, 0.4) is 0 Å². The van der Waals surface area contributed by atoms with Gasteiger partial charge in [0.05, 0.1) is 23.7 Å². The van der Waals surface area contributed by atoms with Gasteiger partial charge in [0, 0.05) is 12.5 Å². The van der Waals surface area contributed by atoms with Crippen molar-refractivity contribution in [3.63, 3.8) is 0 Å². The summed E-state index contributed by atoms with van der Waals surface area (Å²) in [6.07, 6.45) is 1.87. The van der Waals surface area contributed by atoms with Crippen molar-refractivity contribution in [3.8, 4) is 0 Å². The van der Waals surface area contributed by atoms with Gasteiger partial charge in [-0.3, -0.25) is 4.79 Å². The average molecular weight is 403 g/mol. The van der Waals surface area contributed by atoms with Crippen molar-refractivity contribution < 1.29 is 23.8 Å². The highest BCUT2D eigenvalue weighted by molar-refractivity contribution is 6.74. The summed E-state index contributed by atoms with van der Waals surface area (Å²) in [6, 6.07) is 0. The highest BCUT2D eigenvalue weighted by Crippen LogP contribution is 2.39. The van der Waals surface area contributed by atoms with E-state index in [2.05, 4.69) is 33.9 Å². The number of carbonyl (C=O) groups excluding carboxylic acids is 1. The van der Waals surface area contributed by atoms with Gasteiger partial charge in [-0.25, -0.2) is 0 Å². The standard InChI is InChI=1S/C21H42O5Si/c1-10-18-17(22)13-15(26-27(8,9)21(5,6)7)11-12-16(25-18)14-24-19(23)20(2,3)4/h15-18,22H,10-14H2,1-9H3/t15?,16-,17?,18-/m1/s1. The van der Waals surface area contributed by atoms with E-state index in [4.69, 9.17) is 13.9 Å². The molecule has 1 aliphatic rings. The molecular weight excluding hydrogens is 360 g/mol. The van der Waals surface area contributed by atoms with Crippen molar-refractivity contribution in [2.75, 3.05) is 6.61 Å². The predicted molar refractivity (Wildman–Crippen MR) is 111 cm³/mol. The molecule has 5 nitrogen and oxygen atoms in total. The fourth-order valence-corrected chi connectivity index (χ4v) is 4.29. The zero-order valence-corrected chi connectivity index (χ0v) is 19.9. The largest absolute Gasteiger partial charge is 0.463 e. The molecule has 2 unspecified atom stereocenters. The number of aliphatic hydroxyl groups excluding tert-OH is 1. The maximum atomic E-state index is 12.1. The summed E-state index contributed by atoms with van der Waals surface area (Å²) in [5, 5.41) is 10.8. The Hall–Kier alpha value is -0.433. The topological polar surface area (TPSA) is 65.0 Å². The molecular formula is C21H42O5Si. The summed E-state index contributed by atoms with van der Waals surface area (Å²) in [4.78, 5) is 12.1. The maximum absolute atomic E-state index is 12.1. The first-order valence-corrected chi connectivity index (χ1v) is 13.3. The number of hydrogen-bond donors (Lipinski definition) is 1. The van der Waals surface area contributed by atoms with Crippen LogP contribution in [-0.4, -0.2) is 50.4 Å². The van der Waals surface area contributed by atoms with Gasteiger partial charge in [0.15, 0.2) is 8.32 Å². The van der Waals surface area contributed by atoms with Crippen LogP contribution in [0.4, 0.5) is 0 Å². The molecule has 0 aromatic rings. The van der Waals surface area contributed by atoms with Gasteiger partial charge in [0.1, 0.15) is 6.61 Å². The molecule has 0 amide bonds. The highest BCUT2D eigenvalue weighted by Gasteiger charge is 2.40. The minimum Gasteiger partial charge on any atom is -0.463 e. The van der Waals surface area contributed by atoms with Crippen LogP contribution in [0.15, 0.2) is 0 Å². The lowest BCUT2D eigenvalue weighted by Gasteiger charge is -2.41. The van der Waals surface area contributed by atoms with E-state index < -0.39 is 19.8 Å². The molecule has 27 heavy (non-hydrogen) atoms. The lowest BCUT2D eigenvalue weighted by molar-refractivity contribution is -0.164. The van der Waals surface area contributed by atoms with Gasteiger partial charge in [-0.05, 0) is 58.2 Å². The van der Waals surface area contributed by atoms with Gasteiger partial charge < -0.3 is 19.0 Å². The first-order valence-electron chi connectivity index (χ1n) is 10.4. The Labute approximate surface area is 167 Å². The molecule has 1 rings (SSSR count). The fourth-order valence-electron chi connectivity index (χ4n) is 2.89. The first kappa shape index (κ1) is 24.6. The van der Waals surface area contributed by atoms with E-state index in [1.165, 1.54) is 0 Å². The Bertz CT molecular complexity index is 478. The molecule has 0 aromatic carbocycles. The zero-order chi connectivity index (χ0) is 21.0. The third-order valence-electron chi connectivity index (χ3n) is 5.79. The molecule has 1 saturated heterocycles. The van der Waals surface area contributed by atoms with E-state index in [1.54, 1.807) is 0 Å². The van der Waals surface area contributed by atoms with E-state index in [1.807, 2.05) is 27.7 Å². The highest BCUT2D eigenvalue weighted by atomic mass is 28.4. The summed E-state index contributed by atoms with van der Waals surface area (Å²) < 4.78 is 18.2. The molecule has 1 N–H and O–H groups in total. The molecule has 1 aliphatic heterocycles. The van der Waals surface area contributed by atoms with E-state index in [9.17, 15) is 9.90 Å². The third kappa shape index (κ3) is 7.48. The van der Waals surface area contributed by atoms with Crippen molar-refractivity contribution in [2.24, 2.45) is 5.41 Å². The number of rotatable bonds is 5. The van der Waals surface area contributed by atoms with Crippen molar-refractivity contribution in [1.29, 1.82) is 0 Å². The molecule has 0 radical (unpaired) electrons. The summed E-state index contributed by atoms with van der Waals surface area (Å²) in [5.41, 5.74) is -0.529. The Kier molecular flexibility index (Phi) is 8.54. The Morgan fingerprint density at radius 3 is 2.22 bits per heavy atom. The molecule has 0 bridgehead atoms. The lowest BCUT2D eigenvalue weighted by atomic mass is 9.97. The number of esters is 1. The summed E-state index contributed by atoms with van der Waals surface area (Å²) in [7, 11) is -1.91. The van der Waals surface area contributed by atoms with Crippen LogP contribution >= 0.6 is 0 Å². The van der Waals surface area contributed by atoms with Crippen molar-refractivity contribution in [2.45, 2.75) is 117 Å². The summed E-state index contributed by atoms with van der Waals surface area (Å²) in [5.74, 6) is -0.226. The smallest absolute Gasteiger partial charge is 0.311 e.